The van der Waals surface area contributed by atoms with Crippen molar-refractivity contribution in [3.8, 4) is 11.1 Å². The Kier molecular flexibility index (Phi) is 9.18. The number of dihydropyridines is 1. The smallest absolute Gasteiger partial charge is 0.184 e. The molecular weight excluding hydrogens is 448 g/mol. The van der Waals surface area contributed by atoms with Gasteiger partial charge >= 0.3 is 0 Å². The van der Waals surface area contributed by atoms with Gasteiger partial charge in [0.05, 0.1) is 10.7 Å². The molecule has 0 bridgehead atoms. The summed E-state index contributed by atoms with van der Waals surface area (Å²) >= 11 is 1.29. The Balaban J connectivity index is 0.000000258. The zero-order chi connectivity index (χ0) is 23.8. The van der Waals surface area contributed by atoms with Crippen LogP contribution in [0.4, 0.5) is 22.6 Å². The molecule has 1 aliphatic heterocycles. The molecule has 2 heterocycles. The Morgan fingerprint density at radius 2 is 1.94 bits per heavy atom. The number of hydrogen-bond acceptors (Lipinski definition) is 6. The minimum Gasteiger partial charge on any atom is -0.380 e. The number of carbonyl (C=O) groups excluding carboxylic acids is 1. The molecule has 1 aromatic heterocycles. The maximum atomic E-state index is 14.1. The van der Waals surface area contributed by atoms with Crippen LogP contribution < -0.4 is 10.6 Å². The molecule has 1 aliphatic rings. The number of thiophene rings is 1. The number of aldehydes is 1. The average Bonchev–Trinajstić information content (AvgIpc) is 3.21. The number of ether oxygens (including phenoxy) is 1. The number of rotatable bonds is 6. The van der Waals surface area contributed by atoms with Crippen LogP contribution >= 0.6 is 11.3 Å². The second-order valence-electron chi connectivity index (χ2n) is 6.47. The highest BCUT2D eigenvalue weighted by molar-refractivity contribution is 7.14. The van der Waals surface area contributed by atoms with Crippen molar-refractivity contribution in [2.45, 2.75) is 19.6 Å². The largest absolute Gasteiger partial charge is 0.380 e. The second-order valence-corrected chi connectivity index (χ2v) is 7.35. The van der Waals surface area contributed by atoms with Gasteiger partial charge in [0.1, 0.15) is 17.9 Å². The molecule has 0 saturated carbocycles. The minimum absolute atomic E-state index is 0.108. The molecule has 172 valence electrons. The molecule has 0 amide bonds. The monoisotopic (exact) mass is 470 g/mol. The molecule has 10 heteroatoms. The number of benzene rings is 1. The van der Waals surface area contributed by atoms with Crippen molar-refractivity contribution in [2.75, 3.05) is 19.5 Å². The predicted octanol–water partition coefficient (Wildman–Crippen LogP) is 5.41. The van der Waals surface area contributed by atoms with Gasteiger partial charge in [-0.05, 0) is 12.5 Å². The molecule has 1 atom stereocenters. The Bertz CT molecular complexity index is 1060. The van der Waals surface area contributed by atoms with E-state index in [1.165, 1.54) is 43.6 Å². The van der Waals surface area contributed by atoms with Crippen LogP contribution in [0.1, 0.15) is 23.8 Å². The first-order chi connectivity index (χ1) is 15.2. The van der Waals surface area contributed by atoms with Crippen LogP contribution in [-0.2, 0) is 9.53 Å². The summed E-state index contributed by atoms with van der Waals surface area (Å²) in [4.78, 5) is 9.91. The van der Waals surface area contributed by atoms with E-state index >= 15 is 0 Å². The quantitative estimate of drug-likeness (QED) is 0.299. The van der Waals surface area contributed by atoms with Crippen LogP contribution in [0.15, 0.2) is 53.2 Å². The molecule has 0 spiro atoms. The highest BCUT2D eigenvalue weighted by atomic mass is 32.1. The van der Waals surface area contributed by atoms with E-state index < -0.39 is 29.6 Å². The van der Waals surface area contributed by atoms with Crippen LogP contribution in [-0.4, -0.2) is 25.6 Å². The number of methoxy groups -OCH3 is 1. The first kappa shape index (κ1) is 25.3. The van der Waals surface area contributed by atoms with E-state index in [1.54, 1.807) is 12.4 Å². The van der Waals surface area contributed by atoms with Gasteiger partial charge in [-0.2, -0.15) is 0 Å². The summed E-state index contributed by atoms with van der Waals surface area (Å²) in [5.41, 5.74) is 1.30. The van der Waals surface area contributed by atoms with Crippen LogP contribution in [0.3, 0.4) is 0 Å². The van der Waals surface area contributed by atoms with Crippen molar-refractivity contribution >= 4 is 22.6 Å². The standard InChI is InChI=1S/C14H15F2NO2S.C8H7F2NO/c1-7-4-5-8(12(16)11(7)15)9-6-20-13(17-2)10(9)14(18)19-3;9-6-4-7(10)8(11-5-6)2-1-3-12/h4-6,14,17-18H,1-3H3;2-5,11H,1H2/b;8-2-. The van der Waals surface area contributed by atoms with E-state index in [4.69, 9.17) is 4.74 Å². The lowest BCUT2D eigenvalue weighted by Crippen LogP contribution is -2.10. The summed E-state index contributed by atoms with van der Waals surface area (Å²) in [6.07, 6.45) is 2.67. The van der Waals surface area contributed by atoms with E-state index in [9.17, 15) is 27.5 Å². The minimum atomic E-state index is -1.21. The number of hydrogen-bond donors (Lipinski definition) is 3. The van der Waals surface area contributed by atoms with Crippen molar-refractivity contribution in [1.82, 2.24) is 5.32 Å². The second kappa shape index (κ2) is 11.6. The molecule has 0 fully saturated rings. The Morgan fingerprint density at radius 1 is 1.22 bits per heavy atom. The molecule has 0 saturated heterocycles. The number of aliphatic hydroxyl groups excluding tert-OH is 1. The van der Waals surface area contributed by atoms with Gasteiger partial charge in [-0.1, -0.05) is 18.2 Å². The van der Waals surface area contributed by atoms with Gasteiger partial charge in [0.15, 0.2) is 17.9 Å². The van der Waals surface area contributed by atoms with Crippen LogP contribution in [0.25, 0.3) is 11.1 Å². The molecule has 32 heavy (non-hydrogen) atoms. The van der Waals surface area contributed by atoms with Gasteiger partial charge in [-0.3, -0.25) is 0 Å². The van der Waals surface area contributed by atoms with E-state index in [1.807, 2.05) is 0 Å². The van der Waals surface area contributed by atoms with Crippen LogP contribution in [0.2, 0.25) is 0 Å². The van der Waals surface area contributed by atoms with Crippen molar-refractivity contribution in [3.05, 3.63) is 76.0 Å². The van der Waals surface area contributed by atoms with Gasteiger partial charge in [-0.15, -0.1) is 11.3 Å². The maximum absolute atomic E-state index is 14.1. The first-order valence-electron chi connectivity index (χ1n) is 9.33. The predicted molar refractivity (Wildman–Crippen MR) is 116 cm³/mol. The molecular formula is C22H22F4N2O3S. The van der Waals surface area contributed by atoms with Gasteiger partial charge in [-0.25, -0.2) is 17.6 Å². The van der Waals surface area contributed by atoms with Gasteiger partial charge in [0.25, 0.3) is 0 Å². The molecule has 1 unspecified atom stereocenters. The third kappa shape index (κ3) is 5.84. The first-order valence-corrected chi connectivity index (χ1v) is 10.2. The lowest BCUT2D eigenvalue weighted by molar-refractivity contribution is -0.107. The number of aliphatic hydroxyl groups is 1. The molecule has 1 aromatic carbocycles. The number of aryl methyl sites for hydroxylation is 1. The lowest BCUT2D eigenvalue weighted by atomic mass is 10.0. The van der Waals surface area contributed by atoms with Crippen LogP contribution in [0, 0.1) is 18.6 Å². The fraction of sp³-hybridized carbons (Fsp3) is 0.227. The molecule has 0 aliphatic carbocycles. The third-order valence-corrected chi connectivity index (χ3v) is 5.41. The summed E-state index contributed by atoms with van der Waals surface area (Å²) in [6, 6.07) is 3.01. The molecule has 3 N–H and O–H groups in total. The van der Waals surface area contributed by atoms with Crippen molar-refractivity contribution < 1.29 is 32.2 Å². The van der Waals surface area contributed by atoms with Gasteiger partial charge < -0.3 is 25.3 Å². The van der Waals surface area contributed by atoms with E-state index in [0.717, 1.165) is 12.3 Å². The van der Waals surface area contributed by atoms with Gasteiger partial charge in [0, 0.05) is 54.9 Å². The number of halogens is 4. The van der Waals surface area contributed by atoms with Crippen LogP contribution in [0.5, 0.6) is 0 Å². The lowest BCUT2D eigenvalue weighted by Gasteiger charge is -2.14. The van der Waals surface area contributed by atoms with E-state index in [0.29, 0.717) is 22.4 Å². The summed E-state index contributed by atoms with van der Waals surface area (Å²) in [5, 5.41) is 17.5. The average molecular weight is 470 g/mol. The zero-order valence-corrected chi connectivity index (χ0v) is 18.3. The highest BCUT2D eigenvalue weighted by Gasteiger charge is 2.23. The van der Waals surface area contributed by atoms with E-state index in [-0.39, 0.29) is 23.2 Å². The number of nitrogens with one attached hydrogen (secondary N) is 2. The molecule has 5 nitrogen and oxygen atoms in total. The summed E-state index contributed by atoms with van der Waals surface area (Å²) in [7, 11) is 3.03. The Hall–Kier alpha value is -2.95. The normalized spacial score (nSPS) is 15.2. The third-order valence-electron chi connectivity index (χ3n) is 4.40. The maximum Gasteiger partial charge on any atom is 0.184 e. The summed E-state index contributed by atoms with van der Waals surface area (Å²) in [6.45, 7) is 1.50. The Labute approximate surface area is 186 Å². The number of allylic oxidation sites excluding steroid dienone is 4. The summed E-state index contributed by atoms with van der Waals surface area (Å²) in [5.74, 6) is -3.17. The summed E-state index contributed by atoms with van der Waals surface area (Å²) < 4.78 is 57.8. The van der Waals surface area contributed by atoms with Crippen molar-refractivity contribution in [2.24, 2.45) is 0 Å². The van der Waals surface area contributed by atoms with Crippen molar-refractivity contribution in [3.63, 3.8) is 0 Å². The Morgan fingerprint density at radius 3 is 2.53 bits per heavy atom. The topological polar surface area (TPSA) is 70.6 Å². The van der Waals surface area contributed by atoms with Gasteiger partial charge in [0.2, 0.25) is 0 Å². The molecule has 2 aromatic rings. The fourth-order valence-electron chi connectivity index (χ4n) is 2.76. The number of anilines is 1. The SMILES string of the molecule is CNc1scc(-c2ccc(C)c(F)c2F)c1C(O)OC.O=CC/C=C1\NC=C(F)C=C1F. The highest BCUT2D eigenvalue weighted by Crippen LogP contribution is 2.41. The van der Waals surface area contributed by atoms with Crippen molar-refractivity contribution in [1.29, 1.82) is 0 Å². The molecule has 0 radical (unpaired) electrons. The van der Waals surface area contributed by atoms with E-state index in [2.05, 4.69) is 10.6 Å². The number of carbonyl (C=O) groups is 1. The zero-order valence-electron chi connectivity index (χ0n) is 17.5. The fourth-order valence-corrected chi connectivity index (χ4v) is 3.71. The molecule has 3 rings (SSSR count).